The lowest BCUT2D eigenvalue weighted by atomic mass is 10.1. The molecule has 0 radical (unpaired) electrons. The molecule has 6 nitrogen and oxygen atoms in total. The van der Waals surface area contributed by atoms with E-state index >= 15 is 0 Å². The van der Waals surface area contributed by atoms with Gasteiger partial charge in [0.2, 0.25) is 5.91 Å². The molecule has 1 atom stereocenters. The number of aryl methyl sites for hydroxylation is 1. The van der Waals surface area contributed by atoms with Gasteiger partial charge in [-0.2, -0.15) is 5.10 Å². The number of likely N-dealkylation sites (tertiary alicyclic amines) is 1. The first-order valence-electron chi connectivity index (χ1n) is 8.16. The third-order valence-corrected chi connectivity index (χ3v) is 4.34. The van der Waals surface area contributed by atoms with Gasteiger partial charge in [-0.05, 0) is 30.5 Å². The molecule has 1 amide bonds. The maximum atomic E-state index is 12.5. The Bertz CT molecular complexity index is 681. The number of nitrogens with zero attached hydrogens (tertiary/aromatic N) is 3. The molecule has 6 heteroatoms. The Labute approximate surface area is 142 Å². The lowest BCUT2D eigenvalue weighted by Gasteiger charge is -2.23. The van der Waals surface area contributed by atoms with E-state index in [4.69, 9.17) is 9.47 Å². The molecular weight excluding hydrogens is 306 g/mol. The number of carbonyl (C=O) groups excluding carboxylic acids is 1. The van der Waals surface area contributed by atoms with E-state index in [1.165, 1.54) is 0 Å². The molecule has 0 unspecified atom stereocenters. The molecule has 1 fully saturated rings. The second kappa shape index (κ2) is 7.49. The zero-order valence-electron chi connectivity index (χ0n) is 14.1. The Balaban J connectivity index is 1.52. The summed E-state index contributed by atoms with van der Waals surface area (Å²) in [6.45, 7) is 1.30. The van der Waals surface area contributed by atoms with Crippen LogP contribution in [0.3, 0.4) is 0 Å². The first kappa shape index (κ1) is 16.5. The summed E-state index contributed by atoms with van der Waals surface area (Å²) >= 11 is 0. The molecule has 3 rings (SSSR count). The number of rotatable bonds is 6. The van der Waals surface area contributed by atoms with Crippen molar-refractivity contribution in [1.29, 1.82) is 0 Å². The van der Waals surface area contributed by atoms with Crippen LogP contribution in [0.1, 0.15) is 30.0 Å². The summed E-state index contributed by atoms with van der Waals surface area (Å²) in [5.41, 5.74) is 2.12. The third-order valence-electron chi connectivity index (χ3n) is 4.34. The maximum Gasteiger partial charge on any atom is 0.249 e. The van der Waals surface area contributed by atoms with Gasteiger partial charge in [-0.1, -0.05) is 12.1 Å². The van der Waals surface area contributed by atoms with Crippen molar-refractivity contribution in [2.45, 2.75) is 25.5 Å². The van der Waals surface area contributed by atoms with Crippen LogP contribution in [-0.4, -0.2) is 40.8 Å². The molecule has 128 valence electrons. The minimum atomic E-state index is 0.0369. The van der Waals surface area contributed by atoms with Gasteiger partial charge in [0.15, 0.2) is 0 Å². The zero-order valence-corrected chi connectivity index (χ0v) is 14.1. The predicted octanol–water partition coefficient (Wildman–Crippen LogP) is 2.31. The standard InChI is InChI=1S/C18H23N3O3/c1-20-11-15(10-19-20)17-4-3-9-21(17)18(22)13-24-12-14-5-7-16(23-2)8-6-14/h5-8,10-11,17H,3-4,9,12-13H2,1-2H3/t17-/m1/s1. The van der Waals surface area contributed by atoms with Gasteiger partial charge in [-0.3, -0.25) is 9.48 Å². The van der Waals surface area contributed by atoms with E-state index in [0.29, 0.717) is 6.61 Å². The van der Waals surface area contributed by atoms with Gasteiger partial charge < -0.3 is 14.4 Å². The van der Waals surface area contributed by atoms with E-state index < -0.39 is 0 Å². The van der Waals surface area contributed by atoms with Crippen LogP contribution >= 0.6 is 0 Å². The summed E-state index contributed by atoms with van der Waals surface area (Å²) < 4.78 is 12.5. The fraction of sp³-hybridized carbons (Fsp3) is 0.444. The molecule has 0 N–H and O–H groups in total. The van der Waals surface area contributed by atoms with Crippen LogP contribution in [0.5, 0.6) is 5.75 Å². The molecular formula is C18H23N3O3. The summed E-state index contributed by atoms with van der Waals surface area (Å²) in [7, 11) is 3.53. The number of aromatic nitrogens is 2. The van der Waals surface area contributed by atoms with Crippen molar-refractivity contribution in [3.05, 3.63) is 47.8 Å². The Morgan fingerprint density at radius 2 is 2.12 bits per heavy atom. The van der Waals surface area contributed by atoms with Crippen molar-refractivity contribution < 1.29 is 14.3 Å². The fourth-order valence-electron chi connectivity index (χ4n) is 3.08. The average Bonchev–Trinajstić information content (AvgIpc) is 3.24. The smallest absolute Gasteiger partial charge is 0.249 e. The minimum Gasteiger partial charge on any atom is -0.497 e. The molecule has 1 saturated heterocycles. The van der Waals surface area contributed by atoms with E-state index in [9.17, 15) is 4.79 Å². The Morgan fingerprint density at radius 1 is 1.33 bits per heavy atom. The van der Waals surface area contributed by atoms with E-state index in [1.807, 2.05) is 48.6 Å². The van der Waals surface area contributed by atoms with Crippen molar-refractivity contribution >= 4 is 5.91 Å². The van der Waals surface area contributed by atoms with Crippen LogP contribution in [0.25, 0.3) is 0 Å². The van der Waals surface area contributed by atoms with Crippen molar-refractivity contribution in [2.75, 3.05) is 20.3 Å². The van der Waals surface area contributed by atoms with Gasteiger partial charge in [-0.15, -0.1) is 0 Å². The van der Waals surface area contributed by atoms with E-state index in [0.717, 1.165) is 36.3 Å². The second-order valence-electron chi connectivity index (χ2n) is 6.03. The molecule has 1 aromatic heterocycles. The highest BCUT2D eigenvalue weighted by Gasteiger charge is 2.30. The Kier molecular flexibility index (Phi) is 5.15. The molecule has 0 spiro atoms. The largest absolute Gasteiger partial charge is 0.497 e. The summed E-state index contributed by atoms with van der Waals surface area (Å²) in [6, 6.07) is 7.78. The molecule has 2 aromatic rings. The first-order valence-corrected chi connectivity index (χ1v) is 8.16. The topological polar surface area (TPSA) is 56.6 Å². The number of benzene rings is 1. The summed E-state index contributed by atoms with van der Waals surface area (Å²) in [6.07, 6.45) is 5.82. The van der Waals surface area contributed by atoms with Gasteiger partial charge >= 0.3 is 0 Å². The molecule has 1 aromatic carbocycles. The van der Waals surface area contributed by atoms with Crippen LogP contribution in [0.4, 0.5) is 0 Å². The van der Waals surface area contributed by atoms with E-state index in [-0.39, 0.29) is 18.6 Å². The van der Waals surface area contributed by atoms with Gasteiger partial charge in [-0.25, -0.2) is 0 Å². The number of hydrogen-bond acceptors (Lipinski definition) is 4. The molecule has 1 aliphatic heterocycles. The normalized spacial score (nSPS) is 17.2. The fourth-order valence-corrected chi connectivity index (χ4v) is 3.08. The lowest BCUT2D eigenvalue weighted by molar-refractivity contribution is -0.137. The van der Waals surface area contributed by atoms with Crippen LogP contribution in [0, 0.1) is 0 Å². The highest BCUT2D eigenvalue weighted by molar-refractivity contribution is 5.78. The van der Waals surface area contributed by atoms with Crippen LogP contribution in [-0.2, 0) is 23.2 Å². The van der Waals surface area contributed by atoms with Crippen molar-refractivity contribution in [3.8, 4) is 5.75 Å². The summed E-state index contributed by atoms with van der Waals surface area (Å²) in [5.74, 6) is 0.848. The number of ether oxygens (including phenoxy) is 2. The van der Waals surface area contributed by atoms with Crippen LogP contribution in [0.15, 0.2) is 36.7 Å². The maximum absolute atomic E-state index is 12.5. The van der Waals surface area contributed by atoms with Crippen LogP contribution in [0.2, 0.25) is 0 Å². The number of amides is 1. The molecule has 2 heterocycles. The Morgan fingerprint density at radius 3 is 2.79 bits per heavy atom. The average molecular weight is 329 g/mol. The van der Waals surface area contributed by atoms with Crippen LogP contribution < -0.4 is 4.74 Å². The lowest BCUT2D eigenvalue weighted by Crippen LogP contribution is -2.33. The van der Waals surface area contributed by atoms with Gasteiger partial charge in [0.25, 0.3) is 0 Å². The number of methoxy groups -OCH3 is 1. The molecule has 24 heavy (non-hydrogen) atoms. The molecule has 0 bridgehead atoms. The SMILES string of the molecule is COc1ccc(COCC(=O)N2CCC[C@@H]2c2cnn(C)c2)cc1. The number of carbonyl (C=O) groups is 1. The molecule has 0 aliphatic carbocycles. The van der Waals surface area contributed by atoms with Gasteiger partial charge in [0.1, 0.15) is 12.4 Å². The molecule has 1 aliphatic rings. The quantitative estimate of drug-likeness (QED) is 0.816. The highest BCUT2D eigenvalue weighted by atomic mass is 16.5. The first-order chi connectivity index (χ1) is 11.7. The van der Waals surface area contributed by atoms with Crippen molar-refractivity contribution in [2.24, 2.45) is 7.05 Å². The van der Waals surface area contributed by atoms with E-state index in [2.05, 4.69) is 5.10 Å². The van der Waals surface area contributed by atoms with Crippen molar-refractivity contribution in [3.63, 3.8) is 0 Å². The Hall–Kier alpha value is -2.34. The highest BCUT2D eigenvalue weighted by Crippen LogP contribution is 2.31. The minimum absolute atomic E-state index is 0.0369. The zero-order chi connectivity index (χ0) is 16.9. The summed E-state index contributed by atoms with van der Waals surface area (Å²) in [4.78, 5) is 14.4. The second-order valence-corrected chi connectivity index (χ2v) is 6.03. The van der Waals surface area contributed by atoms with Gasteiger partial charge in [0, 0.05) is 25.4 Å². The van der Waals surface area contributed by atoms with E-state index in [1.54, 1.807) is 11.8 Å². The predicted molar refractivity (Wildman–Crippen MR) is 89.5 cm³/mol. The van der Waals surface area contributed by atoms with Crippen molar-refractivity contribution in [1.82, 2.24) is 14.7 Å². The number of hydrogen-bond donors (Lipinski definition) is 0. The summed E-state index contributed by atoms with van der Waals surface area (Å²) in [5, 5.41) is 4.21. The monoisotopic (exact) mass is 329 g/mol. The molecule has 0 saturated carbocycles. The van der Waals surface area contributed by atoms with Gasteiger partial charge in [0.05, 0.1) is 26.0 Å². The third kappa shape index (κ3) is 3.76.